The van der Waals surface area contributed by atoms with Crippen molar-refractivity contribution in [1.82, 2.24) is 0 Å². The molecule has 3 heteroatoms. The van der Waals surface area contributed by atoms with Gasteiger partial charge in [-0.05, 0) is 31.1 Å². The summed E-state index contributed by atoms with van der Waals surface area (Å²) in [5, 5.41) is 29.5. The molecule has 1 aliphatic rings. The number of hydrogen-bond donors (Lipinski definition) is 2. The highest BCUT2D eigenvalue weighted by Crippen LogP contribution is 2.55. The smallest absolute Gasteiger partial charge is 0.0909 e. The number of aliphatic hydroxyl groups excluding tert-OH is 2. The van der Waals surface area contributed by atoms with E-state index in [2.05, 4.69) is 26.8 Å². The molecule has 4 unspecified atom stereocenters. The van der Waals surface area contributed by atoms with Gasteiger partial charge in [0.25, 0.3) is 0 Å². The molecule has 1 saturated carbocycles. The van der Waals surface area contributed by atoms with Crippen LogP contribution >= 0.6 is 0 Å². The monoisotopic (exact) mass is 239 g/mol. The van der Waals surface area contributed by atoms with Crippen molar-refractivity contribution in [3.63, 3.8) is 0 Å². The van der Waals surface area contributed by atoms with Crippen molar-refractivity contribution in [2.45, 2.75) is 65.6 Å². The van der Waals surface area contributed by atoms with E-state index < -0.39 is 17.6 Å². The Kier molecular flexibility index (Phi) is 4.22. The van der Waals surface area contributed by atoms with Crippen LogP contribution in [0, 0.1) is 28.1 Å². The van der Waals surface area contributed by atoms with Crippen LogP contribution in [0.1, 0.15) is 53.4 Å². The quantitative estimate of drug-likeness (QED) is 0.795. The maximum absolute atomic E-state index is 10.4. The SMILES string of the molecule is CC(O)CC(O)C1(C#N)C(C)CCCC1(C)C. The Morgan fingerprint density at radius 2 is 2.00 bits per heavy atom. The maximum atomic E-state index is 10.4. The third-order valence-corrected chi connectivity index (χ3v) is 4.61. The highest BCUT2D eigenvalue weighted by atomic mass is 16.3. The third kappa shape index (κ3) is 2.34. The van der Waals surface area contributed by atoms with E-state index in [-0.39, 0.29) is 17.8 Å². The van der Waals surface area contributed by atoms with Crippen LogP contribution in [-0.4, -0.2) is 22.4 Å². The number of hydrogen-bond acceptors (Lipinski definition) is 3. The van der Waals surface area contributed by atoms with E-state index in [0.29, 0.717) is 0 Å². The number of nitrogens with zero attached hydrogens (tertiary/aromatic N) is 1. The van der Waals surface area contributed by atoms with Crippen molar-refractivity contribution in [2.75, 3.05) is 0 Å². The Morgan fingerprint density at radius 3 is 2.41 bits per heavy atom. The average Bonchev–Trinajstić information content (AvgIpc) is 2.16. The van der Waals surface area contributed by atoms with Gasteiger partial charge in [0, 0.05) is 6.42 Å². The van der Waals surface area contributed by atoms with Gasteiger partial charge in [-0.25, -0.2) is 0 Å². The van der Waals surface area contributed by atoms with Crippen molar-refractivity contribution < 1.29 is 10.2 Å². The van der Waals surface area contributed by atoms with Crippen molar-refractivity contribution in [3.05, 3.63) is 0 Å². The van der Waals surface area contributed by atoms with Gasteiger partial charge in [0.15, 0.2) is 0 Å². The standard InChI is InChI=1S/C14H25NO2/c1-10-6-5-7-13(3,4)14(10,9-15)12(17)8-11(2)16/h10-12,16-17H,5-8H2,1-4H3. The zero-order valence-corrected chi connectivity index (χ0v) is 11.4. The Morgan fingerprint density at radius 1 is 1.41 bits per heavy atom. The first-order valence-corrected chi connectivity index (χ1v) is 6.55. The fourth-order valence-electron chi connectivity index (χ4n) is 3.58. The molecule has 1 rings (SSSR count). The van der Waals surface area contributed by atoms with Crippen molar-refractivity contribution >= 4 is 0 Å². The minimum Gasteiger partial charge on any atom is -0.393 e. The van der Waals surface area contributed by atoms with Gasteiger partial charge >= 0.3 is 0 Å². The molecular weight excluding hydrogens is 214 g/mol. The molecule has 0 aromatic heterocycles. The normalized spacial score (nSPS) is 35.9. The predicted molar refractivity (Wildman–Crippen MR) is 67.1 cm³/mol. The Bertz CT molecular complexity index is 306. The van der Waals surface area contributed by atoms with Gasteiger partial charge < -0.3 is 10.2 Å². The summed E-state index contributed by atoms with van der Waals surface area (Å²) in [6.45, 7) is 7.85. The van der Waals surface area contributed by atoms with Gasteiger partial charge in [0.2, 0.25) is 0 Å². The van der Waals surface area contributed by atoms with E-state index in [1.165, 1.54) is 0 Å². The highest BCUT2D eigenvalue weighted by Gasteiger charge is 2.55. The van der Waals surface area contributed by atoms with Crippen LogP contribution in [-0.2, 0) is 0 Å². The number of nitriles is 1. The van der Waals surface area contributed by atoms with Crippen LogP contribution in [0.3, 0.4) is 0 Å². The maximum Gasteiger partial charge on any atom is 0.0909 e. The zero-order chi connectivity index (χ0) is 13.3. The first-order valence-electron chi connectivity index (χ1n) is 6.55. The fraction of sp³-hybridized carbons (Fsp3) is 0.929. The third-order valence-electron chi connectivity index (χ3n) is 4.61. The van der Waals surface area contributed by atoms with E-state index in [9.17, 15) is 15.5 Å². The van der Waals surface area contributed by atoms with Gasteiger partial charge in [-0.15, -0.1) is 0 Å². The lowest BCUT2D eigenvalue weighted by Gasteiger charge is -2.52. The van der Waals surface area contributed by atoms with Crippen molar-refractivity contribution in [1.29, 1.82) is 5.26 Å². The molecule has 1 fully saturated rings. The molecule has 2 N–H and O–H groups in total. The lowest BCUT2D eigenvalue weighted by Crippen LogP contribution is -2.53. The van der Waals surface area contributed by atoms with Crippen molar-refractivity contribution in [3.8, 4) is 6.07 Å². The summed E-state index contributed by atoms with van der Waals surface area (Å²) in [7, 11) is 0. The first-order chi connectivity index (χ1) is 7.78. The molecule has 0 amide bonds. The van der Waals surface area contributed by atoms with E-state index in [1.807, 2.05) is 0 Å². The summed E-state index contributed by atoms with van der Waals surface area (Å²) in [4.78, 5) is 0. The molecule has 0 spiro atoms. The topological polar surface area (TPSA) is 64.2 Å². The molecule has 1 aliphatic carbocycles. The summed E-state index contributed by atoms with van der Waals surface area (Å²) < 4.78 is 0. The largest absolute Gasteiger partial charge is 0.393 e. The Balaban J connectivity index is 3.10. The van der Waals surface area contributed by atoms with Crippen LogP contribution in [0.4, 0.5) is 0 Å². The molecule has 0 aromatic rings. The van der Waals surface area contributed by atoms with Crippen LogP contribution in [0.5, 0.6) is 0 Å². The number of aliphatic hydroxyl groups is 2. The molecule has 98 valence electrons. The number of rotatable bonds is 3. The molecule has 0 aliphatic heterocycles. The van der Waals surface area contributed by atoms with E-state index in [0.717, 1.165) is 19.3 Å². The highest BCUT2D eigenvalue weighted by molar-refractivity contribution is 5.15. The van der Waals surface area contributed by atoms with Crippen LogP contribution in [0.15, 0.2) is 0 Å². The molecule has 3 nitrogen and oxygen atoms in total. The molecule has 0 aromatic carbocycles. The molecule has 0 bridgehead atoms. The second-order valence-corrected chi connectivity index (χ2v) is 6.26. The zero-order valence-electron chi connectivity index (χ0n) is 11.4. The van der Waals surface area contributed by atoms with Gasteiger partial charge in [0.05, 0.1) is 23.7 Å². The first kappa shape index (κ1) is 14.5. The second-order valence-electron chi connectivity index (χ2n) is 6.26. The molecule has 0 saturated heterocycles. The lowest BCUT2D eigenvalue weighted by molar-refractivity contribution is -0.0971. The summed E-state index contributed by atoms with van der Waals surface area (Å²) in [6.07, 6.45) is 2.01. The van der Waals surface area contributed by atoms with Crippen LogP contribution in [0.25, 0.3) is 0 Å². The average molecular weight is 239 g/mol. The summed E-state index contributed by atoms with van der Waals surface area (Å²) in [5.41, 5.74) is -0.935. The molecule has 0 heterocycles. The van der Waals surface area contributed by atoms with Crippen LogP contribution < -0.4 is 0 Å². The predicted octanol–water partition coefficient (Wildman–Crippen LogP) is 2.47. The summed E-state index contributed by atoms with van der Waals surface area (Å²) >= 11 is 0. The Hall–Kier alpha value is -0.590. The minimum absolute atomic E-state index is 0.171. The van der Waals surface area contributed by atoms with Crippen LogP contribution in [0.2, 0.25) is 0 Å². The molecule has 4 atom stereocenters. The Labute approximate surface area is 104 Å². The van der Waals surface area contributed by atoms with E-state index >= 15 is 0 Å². The summed E-state index contributed by atoms with van der Waals surface area (Å²) in [5.74, 6) is 0.171. The molecular formula is C14H25NO2. The second kappa shape index (κ2) is 4.96. The van der Waals surface area contributed by atoms with E-state index in [1.54, 1.807) is 6.92 Å². The minimum atomic E-state index is -0.752. The van der Waals surface area contributed by atoms with E-state index in [4.69, 9.17) is 0 Å². The lowest BCUT2D eigenvalue weighted by atomic mass is 9.51. The summed E-state index contributed by atoms with van der Waals surface area (Å²) in [6, 6.07) is 2.40. The van der Waals surface area contributed by atoms with Crippen molar-refractivity contribution in [2.24, 2.45) is 16.7 Å². The van der Waals surface area contributed by atoms with Gasteiger partial charge in [-0.1, -0.05) is 27.2 Å². The van der Waals surface area contributed by atoms with Gasteiger partial charge in [-0.3, -0.25) is 0 Å². The van der Waals surface area contributed by atoms with Gasteiger partial charge in [-0.2, -0.15) is 5.26 Å². The molecule has 0 radical (unpaired) electrons. The molecule has 17 heavy (non-hydrogen) atoms. The van der Waals surface area contributed by atoms with Gasteiger partial charge in [0.1, 0.15) is 0 Å². The fourth-order valence-corrected chi connectivity index (χ4v) is 3.58.